The maximum absolute atomic E-state index is 11.9. The summed E-state index contributed by atoms with van der Waals surface area (Å²) in [4.78, 5) is 20.6. The standard InChI is InChI=1S/C32H37N5O2S/c1-22-23(24-7-2-8-25(26(24)20-33)31-35-27-11-15-34-21-29(27)40-31)6-3-9-28(22)39-19-5-16-37-17-13-32(14-18-37)12-4-10-30(38)36-32/h2-3,6-9,34H,4-5,10-19,21H2,1H3,(H,36,38). The Balaban J connectivity index is 1.10. The average molecular weight is 556 g/mol. The SMILES string of the molecule is Cc1c(OCCCN2CCC3(CCCC(=O)N3)CC2)cccc1-c1cccc(-c2nc3c(s2)CNCC3)c1C#N. The zero-order chi connectivity index (χ0) is 27.5. The molecule has 0 aliphatic carbocycles. The lowest BCUT2D eigenvalue weighted by atomic mass is 9.80. The smallest absolute Gasteiger partial charge is 0.220 e. The molecule has 6 rings (SSSR count). The molecule has 2 aromatic carbocycles. The van der Waals surface area contributed by atoms with Crippen LogP contribution in [0.5, 0.6) is 5.75 Å². The number of amides is 1. The zero-order valence-electron chi connectivity index (χ0n) is 23.2. The van der Waals surface area contributed by atoms with Gasteiger partial charge in [-0.1, -0.05) is 30.3 Å². The van der Waals surface area contributed by atoms with Crippen LogP contribution in [0.2, 0.25) is 0 Å². The van der Waals surface area contributed by atoms with Crippen LogP contribution in [0.15, 0.2) is 36.4 Å². The van der Waals surface area contributed by atoms with Crippen molar-refractivity contribution in [1.29, 1.82) is 5.26 Å². The largest absolute Gasteiger partial charge is 0.493 e. The number of hydrogen-bond acceptors (Lipinski definition) is 7. The molecule has 0 bridgehead atoms. The number of fused-ring (bicyclic) bond motifs is 1. The molecule has 0 radical (unpaired) electrons. The molecule has 1 amide bonds. The number of ether oxygens (including phenoxy) is 1. The minimum atomic E-state index is 0.0373. The number of nitrogens with zero attached hydrogens (tertiary/aromatic N) is 3. The van der Waals surface area contributed by atoms with Crippen molar-refractivity contribution in [3.8, 4) is 33.5 Å². The van der Waals surface area contributed by atoms with Gasteiger partial charge in [-0.2, -0.15) is 5.26 Å². The van der Waals surface area contributed by atoms with Crippen molar-refractivity contribution in [3.63, 3.8) is 0 Å². The van der Waals surface area contributed by atoms with Crippen molar-refractivity contribution in [2.75, 3.05) is 32.8 Å². The minimum Gasteiger partial charge on any atom is -0.493 e. The number of aromatic nitrogens is 1. The highest BCUT2D eigenvalue weighted by molar-refractivity contribution is 7.15. The number of rotatable bonds is 7. The van der Waals surface area contributed by atoms with Gasteiger partial charge in [-0.05, 0) is 56.2 Å². The quantitative estimate of drug-likeness (QED) is 0.389. The molecule has 40 heavy (non-hydrogen) atoms. The third-order valence-corrected chi connectivity index (χ3v) is 9.87. The Morgan fingerprint density at radius 2 is 1.90 bits per heavy atom. The minimum absolute atomic E-state index is 0.0373. The number of hydrogen-bond donors (Lipinski definition) is 2. The molecule has 3 aliphatic heterocycles. The van der Waals surface area contributed by atoms with E-state index in [2.05, 4.69) is 34.6 Å². The monoisotopic (exact) mass is 555 g/mol. The maximum atomic E-state index is 11.9. The first-order chi connectivity index (χ1) is 19.5. The number of piperidine rings is 2. The summed E-state index contributed by atoms with van der Waals surface area (Å²) in [5, 5.41) is 17.9. The van der Waals surface area contributed by atoms with Crippen LogP contribution >= 0.6 is 11.3 Å². The van der Waals surface area contributed by atoms with Crippen molar-refractivity contribution in [3.05, 3.63) is 58.1 Å². The Morgan fingerprint density at radius 3 is 2.70 bits per heavy atom. The van der Waals surface area contributed by atoms with E-state index in [1.54, 1.807) is 11.3 Å². The highest BCUT2D eigenvalue weighted by Gasteiger charge is 2.37. The summed E-state index contributed by atoms with van der Waals surface area (Å²) in [6.07, 6.45) is 6.78. The van der Waals surface area contributed by atoms with Crippen LogP contribution in [0.3, 0.4) is 0 Å². The Labute approximate surface area is 240 Å². The van der Waals surface area contributed by atoms with E-state index in [4.69, 9.17) is 9.72 Å². The van der Waals surface area contributed by atoms with Gasteiger partial charge >= 0.3 is 0 Å². The molecule has 8 heteroatoms. The number of likely N-dealkylation sites (tertiary alicyclic amines) is 1. The zero-order valence-corrected chi connectivity index (χ0v) is 24.0. The van der Waals surface area contributed by atoms with Crippen LogP contribution in [-0.4, -0.2) is 54.1 Å². The van der Waals surface area contributed by atoms with Crippen molar-refractivity contribution < 1.29 is 9.53 Å². The lowest BCUT2D eigenvalue weighted by Gasteiger charge is -2.44. The Bertz CT molecular complexity index is 1410. The number of thiazole rings is 1. The van der Waals surface area contributed by atoms with Gasteiger partial charge in [0.1, 0.15) is 16.8 Å². The van der Waals surface area contributed by atoms with E-state index < -0.39 is 0 Å². The second kappa shape index (κ2) is 11.7. The molecule has 0 atom stereocenters. The molecule has 2 saturated heterocycles. The summed E-state index contributed by atoms with van der Waals surface area (Å²) in [7, 11) is 0. The van der Waals surface area contributed by atoms with Gasteiger partial charge < -0.3 is 20.3 Å². The molecule has 7 nitrogen and oxygen atoms in total. The molecule has 1 spiro atoms. The van der Waals surface area contributed by atoms with Gasteiger partial charge in [-0.25, -0.2) is 4.98 Å². The van der Waals surface area contributed by atoms with Crippen LogP contribution in [0.25, 0.3) is 21.7 Å². The number of benzene rings is 2. The number of nitrogens with one attached hydrogen (secondary N) is 2. The van der Waals surface area contributed by atoms with E-state index in [-0.39, 0.29) is 11.4 Å². The molecule has 0 unspecified atom stereocenters. The van der Waals surface area contributed by atoms with Crippen LogP contribution in [0, 0.1) is 18.3 Å². The topological polar surface area (TPSA) is 90.3 Å². The Hall–Kier alpha value is -3.25. The van der Waals surface area contributed by atoms with Gasteiger partial charge in [0.05, 0.1) is 17.9 Å². The first-order valence-corrected chi connectivity index (χ1v) is 15.4. The number of nitriles is 1. The van der Waals surface area contributed by atoms with E-state index in [1.807, 2.05) is 30.3 Å². The summed E-state index contributed by atoms with van der Waals surface area (Å²) in [6.45, 7) is 7.58. The van der Waals surface area contributed by atoms with Crippen molar-refractivity contribution in [2.45, 2.75) is 64.0 Å². The van der Waals surface area contributed by atoms with Gasteiger partial charge in [0.2, 0.25) is 5.91 Å². The normalized spacial score (nSPS) is 18.6. The van der Waals surface area contributed by atoms with Gasteiger partial charge in [-0.3, -0.25) is 4.79 Å². The van der Waals surface area contributed by atoms with Gasteiger partial charge in [0.15, 0.2) is 0 Å². The lowest BCUT2D eigenvalue weighted by molar-refractivity contribution is -0.126. The van der Waals surface area contributed by atoms with Crippen molar-refractivity contribution in [1.82, 2.24) is 20.5 Å². The maximum Gasteiger partial charge on any atom is 0.220 e. The molecule has 3 aromatic rings. The summed E-state index contributed by atoms with van der Waals surface area (Å²) < 4.78 is 6.27. The first kappa shape index (κ1) is 26.9. The van der Waals surface area contributed by atoms with E-state index in [0.29, 0.717) is 18.6 Å². The van der Waals surface area contributed by atoms with E-state index in [1.165, 1.54) is 4.88 Å². The molecule has 1 aromatic heterocycles. The molecule has 0 saturated carbocycles. The second-order valence-corrected chi connectivity index (χ2v) is 12.4. The molecular weight excluding hydrogens is 518 g/mol. The average Bonchev–Trinajstić information content (AvgIpc) is 3.41. The fourth-order valence-corrected chi connectivity index (χ4v) is 7.55. The molecule has 208 valence electrons. The van der Waals surface area contributed by atoms with E-state index >= 15 is 0 Å². The van der Waals surface area contributed by atoms with E-state index in [9.17, 15) is 10.1 Å². The highest BCUT2D eigenvalue weighted by Crippen LogP contribution is 2.38. The summed E-state index contributed by atoms with van der Waals surface area (Å²) in [6, 6.07) is 14.7. The summed E-state index contributed by atoms with van der Waals surface area (Å²) in [5.74, 6) is 1.09. The predicted molar refractivity (Wildman–Crippen MR) is 158 cm³/mol. The first-order valence-electron chi connectivity index (χ1n) is 14.5. The molecular formula is C32H37N5O2S. The van der Waals surface area contributed by atoms with Crippen LogP contribution < -0.4 is 15.4 Å². The summed E-state index contributed by atoms with van der Waals surface area (Å²) in [5.41, 5.74) is 5.76. The van der Waals surface area contributed by atoms with Gasteiger partial charge in [0.25, 0.3) is 0 Å². The van der Waals surface area contributed by atoms with Gasteiger partial charge in [0, 0.05) is 67.1 Å². The summed E-state index contributed by atoms with van der Waals surface area (Å²) >= 11 is 1.69. The molecule has 3 aliphatic rings. The number of carbonyl (C=O) groups is 1. The van der Waals surface area contributed by atoms with Gasteiger partial charge in [-0.15, -0.1) is 11.3 Å². The predicted octanol–water partition coefficient (Wildman–Crippen LogP) is 5.21. The molecule has 2 fully saturated rings. The lowest BCUT2D eigenvalue weighted by Crippen LogP contribution is -2.57. The second-order valence-electron chi connectivity index (χ2n) is 11.3. The van der Waals surface area contributed by atoms with E-state index in [0.717, 1.165) is 110 Å². The van der Waals surface area contributed by atoms with Crippen molar-refractivity contribution >= 4 is 17.2 Å². The fraction of sp³-hybridized carbons (Fsp3) is 0.469. The fourth-order valence-electron chi connectivity index (χ4n) is 6.44. The third kappa shape index (κ3) is 5.51. The van der Waals surface area contributed by atoms with Crippen LogP contribution in [0.4, 0.5) is 0 Å². The molecule has 4 heterocycles. The van der Waals surface area contributed by atoms with Crippen LogP contribution in [-0.2, 0) is 17.8 Å². The Morgan fingerprint density at radius 1 is 1.10 bits per heavy atom. The van der Waals surface area contributed by atoms with Crippen LogP contribution in [0.1, 0.15) is 60.2 Å². The Kier molecular flexibility index (Phi) is 7.88. The highest BCUT2D eigenvalue weighted by atomic mass is 32.1. The number of carbonyl (C=O) groups excluding carboxylic acids is 1. The van der Waals surface area contributed by atoms with Crippen molar-refractivity contribution in [2.24, 2.45) is 0 Å². The third-order valence-electron chi connectivity index (χ3n) is 8.74. The molecule has 2 N–H and O–H groups in total.